The lowest BCUT2D eigenvalue weighted by Gasteiger charge is -2.11. The number of anilines is 1. The van der Waals surface area contributed by atoms with Gasteiger partial charge in [-0.25, -0.2) is 8.42 Å². The van der Waals surface area contributed by atoms with E-state index in [9.17, 15) is 18.5 Å². The molecule has 0 aromatic heterocycles. The lowest BCUT2D eigenvalue weighted by atomic mass is 10.2. The Morgan fingerprint density at radius 3 is 2.52 bits per heavy atom. The molecule has 0 amide bonds. The Morgan fingerprint density at radius 1 is 1.19 bits per heavy atom. The van der Waals surface area contributed by atoms with E-state index in [0.717, 1.165) is 6.07 Å². The highest BCUT2D eigenvalue weighted by molar-refractivity contribution is 7.92. The second kappa shape index (κ2) is 5.71. The number of nitrogens with one attached hydrogen (secondary N) is 1. The summed E-state index contributed by atoms with van der Waals surface area (Å²) in [5.41, 5.74) is 0.614. The van der Waals surface area contributed by atoms with Gasteiger partial charge in [-0.2, -0.15) is 0 Å². The number of benzene rings is 2. The van der Waals surface area contributed by atoms with Crippen molar-refractivity contribution in [3.8, 4) is 0 Å². The van der Waals surface area contributed by atoms with Crippen LogP contribution < -0.4 is 4.72 Å². The van der Waals surface area contributed by atoms with E-state index in [1.807, 2.05) is 0 Å². The number of halogens is 1. The lowest BCUT2D eigenvalue weighted by molar-refractivity contribution is -0.385. The third-order valence-corrected chi connectivity index (χ3v) is 4.62. The Kier molecular flexibility index (Phi) is 4.15. The van der Waals surface area contributed by atoms with Crippen molar-refractivity contribution in [3.63, 3.8) is 0 Å². The van der Waals surface area contributed by atoms with Crippen LogP contribution in [0, 0.1) is 17.0 Å². The summed E-state index contributed by atoms with van der Waals surface area (Å²) in [4.78, 5) is 9.88. The van der Waals surface area contributed by atoms with Crippen molar-refractivity contribution < 1.29 is 13.3 Å². The number of rotatable bonds is 4. The summed E-state index contributed by atoms with van der Waals surface area (Å²) in [6, 6.07) is 9.65. The molecular formula is C13H11ClN2O4S. The van der Waals surface area contributed by atoms with Crippen LogP contribution in [0.25, 0.3) is 0 Å². The van der Waals surface area contributed by atoms with Gasteiger partial charge in [0.05, 0.1) is 15.5 Å². The standard InChI is InChI=1S/C13H11ClN2O4S/c1-9-12(14)6-3-7-13(9)15-21(19,20)11-5-2-4-10(8-11)16(17)18/h2-8,15H,1H3. The van der Waals surface area contributed by atoms with E-state index in [1.54, 1.807) is 25.1 Å². The number of nitro benzene ring substituents is 1. The minimum absolute atomic E-state index is 0.184. The molecule has 6 nitrogen and oxygen atoms in total. The molecule has 110 valence electrons. The molecular weight excluding hydrogens is 316 g/mol. The van der Waals surface area contributed by atoms with Crippen LogP contribution in [-0.2, 0) is 10.0 Å². The summed E-state index contributed by atoms with van der Waals surface area (Å²) in [5, 5.41) is 11.1. The first kappa shape index (κ1) is 15.3. The molecule has 0 saturated heterocycles. The molecule has 2 aromatic rings. The zero-order valence-corrected chi connectivity index (χ0v) is 12.5. The molecule has 0 aliphatic heterocycles. The van der Waals surface area contributed by atoms with Crippen molar-refractivity contribution in [1.82, 2.24) is 0 Å². The quantitative estimate of drug-likeness (QED) is 0.689. The first-order valence-corrected chi connectivity index (χ1v) is 7.70. The van der Waals surface area contributed by atoms with Gasteiger partial charge >= 0.3 is 0 Å². The normalized spacial score (nSPS) is 11.1. The molecule has 1 N–H and O–H groups in total. The predicted molar refractivity (Wildman–Crippen MR) is 80.1 cm³/mol. The average Bonchev–Trinajstić information content (AvgIpc) is 2.44. The maximum absolute atomic E-state index is 12.3. The highest BCUT2D eigenvalue weighted by atomic mass is 35.5. The summed E-state index contributed by atoms with van der Waals surface area (Å²) in [6.07, 6.45) is 0. The predicted octanol–water partition coefficient (Wildman–Crippen LogP) is 3.36. The minimum atomic E-state index is -3.92. The maximum atomic E-state index is 12.3. The monoisotopic (exact) mass is 326 g/mol. The fraction of sp³-hybridized carbons (Fsp3) is 0.0769. The first-order chi connectivity index (χ1) is 9.81. The van der Waals surface area contributed by atoms with Gasteiger partial charge in [0, 0.05) is 17.2 Å². The largest absolute Gasteiger partial charge is 0.279 e. The van der Waals surface area contributed by atoms with Crippen molar-refractivity contribution in [3.05, 3.63) is 63.2 Å². The van der Waals surface area contributed by atoms with Gasteiger partial charge in [0.15, 0.2) is 0 Å². The second-order valence-corrected chi connectivity index (χ2v) is 6.36. The van der Waals surface area contributed by atoms with E-state index >= 15 is 0 Å². The summed E-state index contributed by atoms with van der Waals surface area (Å²) < 4.78 is 26.9. The van der Waals surface area contributed by atoms with Crippen LogP contribution >= 0.6 is 11.6 Å². The zero-order valence-electron chi connectivity index (χ0n) is 10.9. The third kappa shape index (κ3) is 3.32. The van der Waals surface area contributed by atoms with Gasteiger partial charge in [-0.15, -0.1) is 0 Å². The SMILES string of the molecule is Cc1c(Cl)cccc1NS(=O)(=O)c1cccc([N+](=O)[O-])c1. The van der Waals surface area contributed by atoms with Gasteiger partial charge in [-0.05, 0) is 30.7 Å². The fourth-order valence-electron chi connectivity index (χ4n) is 1.69. The zero-order chi connectivity index (χ0) is 15.6. The molecule has 21 heavy (non-hydrogen) atoms. The maximum Gasteiger partial charge on any atom is 0.270 e. The van der Waals surface area contributed by atoms with Gasteiger partial charge in [0.25, 0.3) is 15.7 Å². The number of sulfonamides is 1. The Balaban J connectivity index is 2.41. The molecule has 0 atom stereocenters. The fourth-order valence-corrected chi connectivity index (χ4v) is 3.02. The highest BCUT2D eigenvalue weighted by Crippen LogP contribution is 2.26. The molecule has 0 heterocycles. The van der Waals surface area contributed by atoms with Gasteiger partial charge in [-0.1, -0.05) is 23.7 Å². The lowest BCUT2D eigenvalue weighted by Crippen LogP contribution is -2.14. The van der Waals surface area contributed by atoms with E-state index in [4.69, 9.17) is 11.6 Å². The molecule has 0 unspecified atom stereocenters. The highest BCUT2D eigenvalue weighted by Gasteiger charge is 2.18. The van der Waals surface area contributed by atoms with Crippen molar-refractivity contribution >= 4 is 33.0 Å². The van der Waals surface area contributed by atoms with E-state index < -0.39 is 14.9 Å². The van der Waals surface area contributed by atoms with E-state index in [0.29, 0.717) is 16.3 Å². The molecule has 8 heteroatoms. The first-order valence-electron chi connectivity index (χ1n) is 5.83. The summed E-state index contributed by atoms with van der Waals surface area (Å²) in [5.74, 6) is 0. The van der Waals surface area contributed by atoms with Crippen molar-refractivity contribution in [1.29, 1.82) is 0 Å². The van der Waals surface area contributed by atoms with Crippen LogP contribution in [0.3, 0.4) is 0 Å². The Hall–Kier alpha value is -2.12. The number of nitrogens with zero attached hydrogens (tertiary/aromatic N) is 1. The minimum Gasteiger partial charge on any atom is -0.279 e. The Labute approximate surface area is 126 Å². The van der Waals surface area contributed by atoms with Gasteiger partial charge < -0.3 is 0 Å². The molecule has 0 aliphatic rings. The van der Waals surface area contributed by atoms with Gasteiger partial charge in [-0.3, -0.25) is 14.8 Å². The van der Waals surface area contributed by atoms with Crippen LogP contribution in [0.5, 0.6) is 0 Å². The summed E-state index contributed by atoms with van der Waals surface area (Å²) in [6.45, 7) is 1.67. The topological polar surface area (TPSA) is 89.3 Å². The van der Waals surface area contributed by atoms with Crippen molar-refractivity contribution in [2.45, 2.75) is 11.8 Å². The van der Waals surface area contributed by atoms with Gasteiger partial charge in [0.2, 0.25) is 0 Å². The van der Waals surface area contributed by atoms with Gasteiger partial charge in [0.1, 0.15) is 0 Å². The molecule has 0 saturated carbocycles. The molecule has 0 bridgehead atoms. The second-order valence-electron chi connectivity index (χ2n) is 4.27. The molecule has 2 aromatic carbocycles. The van der Waals surface area contributed by atoms with Crippen LogP contribution in [-0.4, -0.2) is 13.3 Å². The van der Waals surface area contributed by atoms with E-state index in [-0.39, 0.29) is 10.6 Å². The van der Waals surface area contributed by atoms with Crippen LogP contribution in [0.2, 0.25) is 5.02 Å². The molecule has 2 rings (SSSR count). The van der Waals surface area contributed by atoms with Crippen molar-refractivity contribution in [2.24, 2.45) is 0 Å². The van der Waals surface area contributed by atoms with E-state index in [1.165, 1.54) is 18.2 Å². The Bertz CT molecular complexity index is 806. The summed E-state index contributed by atoms with van der Waals surface area (Å²) >= 11 is 5.93. The smallest absolute Gasteiger partial charge is 0.270 e. The van der Waals surface area contributed by atoms with Crippen LogP contribution in [0.15, 0.2) is 47.4 Å². The number of nitro groups is 1. The number of non-ortho nitro benzene ring substituents is 1. The van der Waals surface area contributed by atoms with Crippen LogP contribution in [0.4, 0.5) is 11.4 Å². The molecule has 0 radical (unpaired) electrons. The number of hydrogen-bond acceptors (Lipinski definition) is 4. The molecule has 0 fully saturated rings. The Morgan fingerprint density at radius 2 is 1.86 bits per heavy atom. The van der Waals surface area contributed by atoms with Crippen molar-refractivity contribution in [2.75, 3.05) is 4.72 Å². The molecule has 0 aliphatic carbocycles. The summed E-state index contributed by atoms with van der Waals surface area (Å²) in [7, 11) is -3.92. The third-order valence-electron chi connectivity index (χ3n) is 2.85. The van der Waals surface area contributed by atoms with E-state index in [2.05, 4.69) is 4.72 Å². The average molecular weight is 327 g/mol. The molecule has 0 spiro atoms. The number of hydrogen-bond donors (Lipinski definition) is 1. The van der Waals surface area contributed by atoms with Crippen LogP contribution in [0.1, 0.15) is 5.56 Å².